The topological polar surface area (TPSA) is 77.0 Å². The first-order chi connectivity index (χ1) is 13.4. The van der Waals surface area contributed by atoms with Crippen LogP contribution in [0.15, 0.2) is 23.2 Å². The molecule has 0 spiro atoms. The summed E-state index contributed by atoms with van der Waals surface area (Å²) in [6, 6.07) is 5.19. The van der Waals surface area contributed by atoms with Gasteiger partial charge in [0.15, 0.2) is 15.8 Å². The zero-order valence-electron chi connectivity index (χ0n) is 16.6. The third-order valence-corrected chi connectivity index (χ3v) is 7.20. The van der Waals surface area contributed by atoms with Crippen LogP contribution in [0.5, 0.6) is 0 Å². The first kappa shape index (κ1) is 20.9. The van der Waals surface area contributed by atoms with Crippen LogP contribution in [0.2, 0.25) is 0 Å². The molecule has 3 rings (SSSR count). The van der Waals surface area contributed by atoms with E-state index < -0.39 is 9.84 Å². The lowest BCUT2D eigenvalue weighted by Crippen LogP contribution is -2.46. The molecule has 2 N–H and O–H groups in total. The number of sulfone groups is 1. The van der Waals surface area contributed by atoms with Crippen LogP contribution in [0.25, 0.3) is 0 Å². The zero-order chi connectivity index (χ0) is 20.1. The molecule has 0 saturated carbocycles. The van der Waals surface area contributed by atoms with Crippen molar-refractivity contribution in [3.05, 3.63) is 29.6 Å². The van der Waals surface area contributed by atoms with Crippen LogP contribution >= 0.6 is 0 Å². The average molecular weight is 412 g/mol. The van der Waals surface area contributed by atoms with Crippen LogP contribution in [0.1, 0.15) is 18.9 Å². The number of likely N-dealkylation sites (N-methyl/N-ethyl adjacent to an activating group) is 1. The highest BCUT2D eigenvalue weighted by Crippen LogP contribution is 2.22. The Morgan fingerprint density at radius 2 is 2.04 bits per heavy atom. The van der Waals surface area contributed by atoms with E-state index in [0.29, 0.717) is 24.6 Å². The van der Waals surface area contributed by atoms with Gasteiger partial charge in [-0.1, -0.05) is 13.0 Å². The van der Waals surface area contributed by atoms with Gasteiger partial charge < -0.3 is 20.4 Å². The molecule has 0 amide bonds. The molecule has 156 valence electrons. The quantitative estimate of drug-likeness (QED) is 0.552. The van der Waals surface area contributed by atoms with E-state index in [4.69, 9.17) is 0 Å². The van der Waals surface area contributed by atoms with E-state index in [0.717, 1.165) is 38.3 Å². The highest BCUT2D eigenvalue weighted by Gasteiger charge is 2.28. The Morgan fingerprint density at radius 1 is 1.29 bits per heavy atom. The molecule has 1 aromatic rings. The third kappa shape index (κ3) is 5.35. The summed E-state index contributed by atoms with van der Waals surface area (Å²) in [6.07, 6.45) is 0.581. The number of nitrogens with one attached hydrogen (secondary N) is 2. The van der Waals surface area contributed by atoms with Crippen LogP contribution in [-0.2, 0) is 16.4 Å². The molecule has 1 atom stereocenters. The Bertz CT molecular complexity index is 807. The van der Waals surface area contributed by atoms with E-state index in [2.05, 4.69) is 32.3 Å². The first-order valence-corrected chi connectivity index (χ1v) is 11.7. The van der Waals surface area contributed by atoms with Gasteiger partial charge in [-0.05, 0) is 30.7 Å². The van der Waals surface area contributed by atoms with Gasteiger partial charge in [-0.3, -0.25) is 4.99 Å². The van der Waals surface area contributed by atoms with Crippen molar-refractivity contribution in [2.75, 3.05) is 56.2 Å². The number of halogens is 1. The fraction of sp³-hybridized carbons (Fsp3) is 0.632. The van der Waals surface area contributed by atoms with Gasteiger partial charge in [0, 0.05) is 45.8 Å². The number of benzene rings is 1. The van der Waals surface area contributed by atoms with Gasteiger partial charge in [0.1, 0.15) is 5.82 Å². The molecule has 0 aromatic heterocycles. The minimum absolute atomic E-state index is 0.127. The molecule has 2 aliphatic heterocycles. The van der Waals surface area contributed by atoms with E-state index in [1.165, 1.54) is 0 Å². The molecule has 1 unspecified atom stereocenters. The number of nitrogens with zero attached hydrogens (tertiary/aromatic N) is 3. The lowest BCUT2D eigenvalue weighted by molar-refractivity contribution is 0.270. The summed E-state index contributed by atoms with van der Waals surface area (Å²) in [6.45, 7) is 7.18. The summed E-state index contributed by atoms with van der Waals surface area (Å²) in [4.78, 5) is 8.59. The molecule has 28 heavy (non-hydrogen) atoms. The van der Waals surface area contributed by atoms with Gasteiger partial charge >= 0.3 is 0 Å². The molecule has 2 heterocycles. The molecule has 1 aromatic carbocycles. The smallest absolute Gasteiger partial charge is 0.191 e. The van der Waals surface area contributed by atoms with Gasteiger partial charge in [0.2, 0.25) is 0 Å². The van der Waals surface area contributed by atoms with Crippen LogP contribution in [-0.4, -0.2) is 76.6 Å². The van der Waals surface area contributed by atoms with E-state index in [9.17, 15) is 12.8 Å². The number of anilines is 1. The minimum atomic E-state index is -2.95. The molecule has 2 fully saturated rings. The normalized spacial score (nSPS) is 23.0. The monoisotopic (exact) mass is 411 g/mol. The number of hydrogen-bond donors (Lipinski definition) is 2. The van der Waals surface area contributed by atoms with Gasteiger partial charge in [0.05, 0.1) is 17.2 Å². The molecule has 7 nitrogen and oxygen atoms in total. The Labute approximate surface area is 166 Å². The Balaban J connectivity index is 1.54. The molecule has 0 radical (unpaired) electrons. The number of aliphatic imine (C=N–C) groups is 1. The maximum absolute atomic E-state index is 14.6. The Morgan fingerprint density at radius 3 is 2.61 bits per heavy atom. The van der Waals surface area contributed by atoms with Gasteiger partial charge in [-0.25, -0.2) is 12.8 Å². The fourth-order valence-electron chi connectivity index (χ4n) is 3.70. The second-order valence-electron chi connectivity index (χ2n) is 7.38. The van der Waals surface area contributed by atoms with Crippen molar-refractivity contribution in [1.29, 1.82) is 0 Å². The highest BCUT2D eigenvalue weighted by atomic mass is 32.2. The number of rotatable bonds is 5. The maximum atomic E-state index is 14.6. The molecule has 2 saturated heterocycles. The van der Waals surface area contributed by atoms with Gasteiger partial charge in [0.25, 0.3) is 0 Å². The summed E-state index contributed by atoms with van der Waals surface area (Å²) in [5, 5.41) is 6.27. The van der Waals surface area contributed by atoms with Crippen molar-refractivity contribution in [2.24, 2.45) is 4.99 Å². The van der Waals surface area contributed by atoms with Crippen molar-refractivity contribution in [3.63, 3.8) is 0 Å². The van der Waals surface area contributed by atoms with Crippen LogP contribution < -0.4 is 15.5 Å². The average Bonchev–Trinajstić information content (AvgIpc) is 3.03. The van der Waals surface area contributed by atoms with Crippen molar-refractivity contribution in [2.45, 2.75) is 25.9 Å². The van der Waals surface area contributed by atoms with Crippen molar-refractivity contribution >= 4 is 21.5 Å². The molecular weight excluding hydrogens is 381 g/mol. The Hall–Kier alpha value is -1.87. The lowest BCUT2D eigenvalue weighted by atomic mass is 10.1. The van der Waals surface area contributed by atoms with E-state index >= 15 is 0 Å². The third-order valence-electron chi connectivity index (χ3n) is 5.43. The van der Waals surface area contributed by atoms with Crippen LogP contribution in [0.3, 0.4) is 0 Å². The van der Waals surface area contributed by atoms with Crippen molar-refractivity contribution in [1.82, 2.24) is 15.5 Å². The van der Waals surface area contributed by atoms with Gasteiger partial charge in [-0.15, -0.1) is 0 Å². The van der Waals surface area contributed by atoms with Gasteiger partial charge in [-0.2, -0.15) is 0 Å². The van der Waals surface area contributed by atoms with E-state index in [-0.39, 0.29) is 23.4 Å². The SMILES string of the molecule is CCN1CCN(c2ccc(CNC(=NC)NC3CCS(=O)(=O)C3)cc2F)CC1. The predicted octanol–water partition coefficient (Wildman–Crippen LogP) is 0.820. The van der Waals surface area contributed by atoms with Crippen molar-refractivity contribution < 1.29 is 12.8 Å². The summed E-state index contributed by atoms with van der Waals surface area (Å²) >= 11 is 0. The molecule has 9 heteroatoms. The number of hydrogen-bond acceptors (Lipinski definition) is 5. The Kier molecular flexibility index (Phi) is 6.77. The largest absolute Gasteiger partial charge is 0.367 e. The summed E-state index contributed by atoms with van der Waals surface area (Å²) < 4.78 is 37.8. The summed E-state index contributed by atoms with van der Waals surface area (Å²) in [5.74, 6) is 0.653. The maximum Gasteiger partial charge on any atom is 0.191 e. The summed E-state index contributed by atoms with van der Waals surface area (Å²) in [7, 11) is -1.31. The molecule has 2 aliphatic rings. The first-order valence-electron chi connectivity index (χ1n) is 9.83. The molecule has 0 bridgehead atoms. The zero-order valence-corrected chi connectivity index (χ0v) is 17.4. The second kappa shape index (κ2) is 9.09. The second-order valence-corrected chi connectivity index (χ2v) is 9.61. The minimum Gasteiger partial charge on any atom is -0.367 e. The number of guanidine groups is 1. The van der Waals surface area contributed by atoms with Crippen LogP contribution in [0, 0.1) is 5.82 Å². The van der Waals surface area contributed by atoms with E-state index in [1.807, 2.05) is 12.1 Å². The standard InChI is InChI=1S/C19H30FN5O2S/c1-3-24-7-9-25(10-8-24)18-5-4-15(12-17(18)20)13-22-19(21-2)23-16-6-11-28(26,27)14-16/h4-5,12,16H,3,6-11,13-14H2,1-2H3,(H2,21,22,23). The van der Waals surface area contributed by atoms with E-state index in [1.54, 1.807) is 13.1 Å². The fourth-order valence-corrected chi connectivity index (χ4v) is 5.38. The highest BCUT2D eigenvalue weighted by molar-refractivity contribution is 7.91. The predicted molar refractivity (Wildman–Crippen MR) is 111 cm³/mol. The molecular formula is C19H30FN5O2S. The van der Waals surface area contributed by atoms with Crippen LogP contribution in [0.4, 0.5) is 10.1 Å². The molecule has 0 aliphatic carbocycles. The summed E-state index contributed by atoms with van der Waals surface area (Å²) in [5.41, 5.74) is 1.47. The lowest BCUT2D eigenvalue weighted by Gasteiger charge is -2.35. The van der Waals surface area contributed by atoms with Crippen molar-refractivity contribution in [3.8, 4) is 0 Å². The number of piperazine rings is 1.